The van der Waals surface area contributed by atoms with Gasteiger partial charge in [-0.15, -0.1) is 0 Å². The number of carboxylic acid groups (broad SMARTS) is 1. The third-order valence-corrected chi connectivity index (χ3v) is 2.21. The highest BCUT2D eigenvalue weighted by molar-refractivity contribution is 6.30. The summed E-state index contributed by atoms with van der Waals surface area (Å²) >= 11 is 5.80. The number of hydrogen-bond acceptors (Lipinski definition) is 3. The van der Waals surface area contributed by atoms with Crippen LogP contribution in [-0.2, 0) is 16.0 Å². The van der Waals surface area contributed by atoms with Crippen molar-refractivity contribution in [1.82, 2.24) is 5.32 Å². The van der Waals surface area contributed by atoms with Crippen LogP contribution in [0.5, 0.6) is 0 Å². The average Bonchev–Trinajstić information content (AvgIpc) is 2.26. The molecule has 0 saturated heterocycles. The summed E-state index contributed by atoms with van der Waals surface area (Å²) in [5, 5.41) is 13.2. The highest BCUT2D eigenvalue weighted by Crippen LogP contribution is 2.10. The minimum absolute atomic E-state index is 0.413. The normalized spacial score (nSPS) is 10.4. The van der Waals surface area contributed by atoms with Crippen molar-refractivity contribution in [2.45, 2.75) is 6.42 Å². The molecule has 0 aliphatic carbocycles. The molecule has 0 bridgehead atoms. The van der Waals surface area contributed by atoms with Gasteiger partial charge in [0, 0.05) is 17.6 Å². The number of nitrogens with one attached hydrogen (secondary N) is 1. The number of amides is 1. The van der Waals surface area contributed by atoms with Crippen molar-refractivity contribution in [3.05, 3.63) is 47.0 Å². The number of carboxylic acids is 1. The minimum Gasteiger partial charge on any atom is -0.545 e. The molecule has 0 aromatic heterocycles. The van der Waals surface area contributed by atoms with E-state index in [1.165, 1.54) is 0 Å². The van der Waals surface area contributed by atoms with Crippen molar-refractivity contribution in [2.75, 3.05) is 6.54 Å². The van der Waals surface area contributed by atoms with Gasteiger partial charge in [0.2, 0.25) is 5.91 Å². The maximum Gasteiger partial charge on any atom is 0.244 e. The van der Waals surface area contributed by atoms with Crippen molar-refractivity contribution in [3.8, 4) is 0 Å². The van der Waals surface area contributed by atoms with E-state index in [9.17, 15) is 14.7 Å². The molecule has 5 heteroatoms. The molecule has 17 heavy (non-hydrogen) atoms. The Bertz CT molecular complexity index is 443. The molecule has 0 unspecified atom stereocenters. The topological polar surface area (TPSA) is 69.2 Å². The predicted octanol–water partition coefficient (Wildman–Crippen LogP) is 0.305. The Morgan fingerprint density at radius 2 is 2.12 bits per heavy atom. The van der Waals surface area contributed by atoms with E-state index in [0.717, 1.165) is 11.6 Å². The summed E-state index contributed by atoms with van der Waals surface area (Å²) in [4.78, 5) is 21.1. The molecule has 1 aromatic rings. The Hall–Kier alpha value is -1.81. The molecule has 1 amide bonds. The van der Waals surface area contributed by atoms with E-state index in [2.05, 4.69) is 5.32 Å². The van der Waals surface area contributed by atoms with E-state index in [1.54, 1.807) is 6.07 Å². The zero-order chi connectivity index (χ0) is 12.7. The standard InChI is InChI=1S/C12H12ClNO3/c13-10-3-1-2-9(8-10)6-7-14-11(15)4-5-12(16)17/h1-5,8H,6-7H2,(H,14,15)(H,16,17)/p-1/b5-4+. The Kier molecular flexibility index (Phi) is 5.23. The van der Waals surface area contributed by atoms with E-state index >= 15 is 0 Å². The first kappa shape index (κ1) is 13.3. The highest BCUT2D eigenvalue weighted by Gasteiger charge is 1.97. The van der Waals surface area contributed by atoms with Gasteiger partial charge >= 0.3 is 0 Å². The van der Waals surface area contributed by atoms with Crippen LogP contribution in [0.4, 0.5) is 0 Å². The summed E-state index contributed by atoms with van der Waals surface area (Å²) in [5.41, 5.74) is 1.00. The van der Waals surface area contributed by atoms with Crippen LogP contribution >= 0.6 is 11.6 Å². The Balaban J connectivity index is 2.33. The van der Waals surface area contributed by atoms with Crippen molar-refractivity contribution in [2.24, 2.45) is 0 Å². The van der Waals surface area contributed by atoms with Crippen LogP contribution in [-0.4, -0.2) is 18.4 Å². The zero-order valence-corrected chi connectivity index (χ0v) is 9.74. The van der Waals surface area contributed by atoms with Gasteiger partial charge in [0.05, 0.1) is 5.97 Å². The molecule has 4 nitrogen and oxygen atoms in total. The molecular weight excluding hydrogens is 242 g/mol. The molecule has 0 heterocycles. The van der Waals surface area contributed by atoms with Gasteiger partial charge in [-0.1, -0.05) is 23.7 Å². The first-order valence-corrected chi connectivity index (χ1v) is 5.37. The second-order valence-electron chi connectivity index (χ2n) is 3.32. The van der Waals surface area contributed by atoms with E-state index in [0.29, 0.717) is 24.1 Å². The van der Waals surface area contributed by atoms with Crippen LogP contribution in [0.2, 0.25) is 5.02 Å². The zero-order valence-electron chi connectivity index (χ0n) is 8.98. The van der Waals surface area contributed by atoms with Crippen LogP contribution in [0.1, 0.15) is 5.56 Å². The molecule has 0 aliphatic rings. The fourth-order valence-electron chi connectivity index (χ4n) is 1.23. The minimum atomic E-state index is -1.39. The maximum absolute atomic E-state index is 11.1. The summed E-state index contributed by atoms with van der Waals surface area (Å²) in [5.74, 6) is -1.86. The quantitative estimate of drug-likeness (QED) is 0.767. The van der Waals surface area contributed by atoms with Crippen LogP contribution in [0, 0.1) is 0 Å². The number of hydrogen-bond donors (Lipinski definition) is 1. The molecule has 90 valence electrons. The lowest BCUT2D eigenvalue weighted by Crippen LogP contribution is -2.25. The number of rotatable bonds is 5. The second kappa shape index (κ2) is 6.70. The molecule has 0 atom stereocenters. The van der Waals surface area contributed by atoms with Gasteiger partial charge < -0.3 is 15.2 Å². The number of benzene rings is 1. The first-order valence-electron chi connectivity index (χ1n) is 4.99. The van der Waals surface area contributed by atoms with Gasteiger partial charge in [-0.05, 0) is 30.2 Å². The number of carbonyl (C=O) groups excluding carboxylic acids is 2. The van der Waals surface area contributed by atoms with Gasteiger partial charge in [0.1, 0.15) is 0 Å². The van der Waals surface area contributed by atoms with Crippen LogP contribution in [0.25, 0.3) is 0 Å². The van der Waals surface area contributed by atoms with E-state index in [4.69, 9.17) is 11.6 Å². The lowest BCUT2D eigenvalue weighted by atomic mass is 10.1. The van der Waals surface area contributed by atoms with Gasteiger partial charge in [-0.3, -0.25) is 4.79 Å². The monoisotopic (exact) mass is 252 g/mol. The third-order valence-electron chi connectivity index (χ3n) is 1.97. The van der Waals surface area contributed by atoms with Crippen molar-refractivity contribution in [3.63, 3.8) is 0 Å². The fourth-order valence-corrected chi connectivity index (χ4v) is 1.44. The Morgan fingerprint density at radius 1 is 1.35 bits per heavy atom. The second-order valence-corrected chi connectivity index (χ2v) is 3.76. The smallest absolute Gasteiger partial charge is 0.244 e. The Labute approximate surface area is 104 Å². The molecule has 1 rings (SSSR count). The number of halogens is 1. The summed E-state index contributed by atoms with van der Waals surface area (Å²) in [6.07, 6.45) is 2.24. The van der Waals surface area contributed by atoms with E-state index in [-0.39, 0.29) is 0 Å². The summed E-state index contributed by atoms with van der Waals surface area (Å²) in [6, 6.07) is 7.31. The van der Waals surface area contributed by atoms with Gasteiger partial charge in [0.25, 0.3) is 0 Å². The van der Waals surface area contributed by atoms with Gasteiger partial charge in [-0.2, -0.15) is 0 Å². The summed E-state index contributed by atoms with van der Waals surface area (Å²) in [7, 11) is 0. The molecule has 0 aliphatic heterocycles. The van der Waals surface area contributed by atoms with Crippen molar-refractivity contribution >= 4 is 23.5 Å². The molecule has 1 aromatic carbocycles. The summed E-state index contributed by atoms with van der Waals surface area (Å²) in [6.45, 7) is 0.413. The summed E-state index contributed by atoms with van der Waals surface area (Å²) < 4.78 is 0. The molecular formula is C12H11ClNO3-. The highest BCUT2D eigenvalue weighted by atomic mass is 35.5. The number of carbonyl (C=O) groups is 2. The molecule has 0 spiro atoms. The SMILES string of the molecule is O=C([O-])/C=C/C(=O)NCCc1cccc(Cl)c1. The van der Waals surface area contributed by atoms with E-state index in [1.807, 2.05) is 18.2 Å². The van der Waals surface area contributed by atoms with Crippen LogP contribution in [0.15, 0.2) is 36.4 Å². The molecule has 1 N–H and O–H groups in total. The van der Waals surface area contributed by atoms with Crippen LogP contribution in [0.3, 0.4) is 0 Å². The fraction of sp³-hybridized carbons (Fsp3) is 0.167. The van der Waals surface area contributed by atoms with Gasteiger partial charge in [-0.25, -0.2) is 0 Å². The van der Waals surface area contributed by atoms with Gasteiger partial charge in [0.15, 0.2) is 0 Å². The number of aliphatic carboxylic acids is 1. The molecule has 0 saturated carbocycles. The lowest BCUT2D eigenvalue weighted by Gasteiger charge is -2.03. The predicted molar refractivity (Wildman–Crippen MR) is 62.3 cm³/mol. The van der Waals surface area contributed by atoms with Crippen molar-refractivity contribution < 1.29 is 14.7 Å². The maximum atomic E-state index is 11.1. The largest absolute Gasteiger partial charge is 0.545 e. The average molecular weight is 253 g/mol. The first-order chi connectivity index (χ1) is 8.08. The lowest BCUT2D eigenvalue weighted by molar-refractivity contribution is -0.297. The van der Waals surface area contributed by atoms with Crippen LogP contribution < -0.4 is 10.4 Å². The van der Waals surface area contributed by atoms with Crippen molar-refractivity contribution in [1.29, 1.82) is 0 Å². The third kappa shape index (κ3) is 5.73. The Morgan fingerprint density at radius 3 is 2.76 bits per heavy atom. The molecule has 0 fully saturated rings. The molecule has 0 radical (unpaired) electrons. The van der Waals surface area contributed by atoms with E-state index < -0.39 is 11.9 Å².